The minimum atomic E-state index is -1.79. The van der Waals surface area contributed by atoms with E-state index in [0.29, 0.717) is 0 Å². The fraction of sp³-hybridized carbons (Fsp3) is 0.500. The molecule has 0 saturated carbocycles. The smallest absolute Gasteiger partial charge is 0.186 e. The van der Waals surface area contributed by atoms with E-state index in [1.54, 1.807) is 0 Å². The molecule has 0 aliphatic heterocycles. The van der Waals surface area contributed by atoms with Crippen molar-refractivity contribution in [1.82, 2.24) is 0 Å². The number of benzene rings is 1. The topological polar surface area (TPSA) is 66.0 Å². The van der Waals surface area contributed by atoms with Crippen LogP contribution in [-0.2, 0) is 8.85 Å². The lowest BCUT2D eigenvalue weighted by atomic mass is 10.1. The quantitative estimate of drug-likeness (QED) is 0.718. The molecule has 0 N–H and O–H groups in total. The summed E-state index contributed by atoms with van der Waals surface area (Å²) in [5.74, 6) is 0. The van der Waals surface area contributed by atoms with Gasteiger partial charge in [-0.1, -0.05) is 24.3 Å². The van der Waals surface area contributed by atoms with Gasteiger partial charge in [0.25, 0.3) is 0 Å². The maximum absolute atomic E-state index is 9.30. The summed E-state index contributed by atoms with van der Waals surface area (Å²) >= 11 is 0. The normalized spacial score (nSPS) is 14.7. The molecule has 0 aliphatic rings. The van der Waals surface area contributed by atoms with Crippen molar-refractivity contribution in [1.29, 1.82) is 10.5 Å². The first-order valence-corrected chi connectivity index (χ1v) is 14.1. The Kier molecular flexibility index (Phi) is 6.10. The van der Waals surface area contributed by atoms with Crippen molar-refractivity contribution in [2.24, 2.45) is 0 Å². The highest BCUT2D eigenvalue weighted by molar-refractivity contribution is 6.70. The Balaban J connectivity index is 2.94. The number of nitriles is 2. The SMILES string of the molecule is C[Si](C)(C)OC(C#N)c1ccc(C(C#N)O[Si](C)(C)C)cc1. The van der Waals surface area contributed by atoms with E-state index in [9.17, 15) is 10.5 Å². The second-order valence-electron chi connectivity index (χ2n) is 7.15. The lowest BCUT2D eigenvalue weighted by Crippen LogP contribution is -2.28. The van der Waals surface area contributed by atoms with Crippen LogP contribution in [0.25, 0.3) is 0 Å². The first kappa shape index (κ1) is 18.6. The maximum atomic E-state index is 9.30. The van der Waals surface area contributed by atoms with Crippen LogP contribution in [-0.4, -0.2) is 16.6 Å². The zero-order valence-corrected chi connectivity index (χ0v) is 16.2. The summed E-state index contributed by atoms with van der Waals surface area (Å²) in [5.41, 5.74) is 1.64. The van der Waals surface area contributed by atoms with Gasteiger partial charge in [0.05, 0.1) is 12.1 Å². The standard InChI is InChI=1S/C16H24N2O2Si2/c1-21(2,3)19-15(11-17)13-7-9-14(10-8-13)16(12-18)20-22(4,5)6/h7-10,15-16H,1-6H3. The molecule has 22 heavy (non-hydrogen) atoms. The van der Waals surface area contributed by atoms with Crippen LogP contribution in [0.3, 0.4) is 0 Å². The second kappa shape index (κ2) is 7.21. The van der Waals surface area contributed by atoms with E-state index in [1.807, 2.05) is 24.3 Å². The number of rotatable bonds is 6. The molecule has 2 unspecified atom stereocenters. The van der Waals surface area contributed by atoms with E-state index in [0.717, 1.165) is 11.1 Å². The van der Waals surface area contributed by atoms with E-state index < -0.39 is 28.8 Å². The molecule has 1 rings (SSSR count). The zero-order chi connectivity index (χ0) is 17.0. The van der Waals surface area contributed by atoms with Gasteiger partial charge in [0.2, 0.25) is 0 Å². The molecule has 0 radical (unpaired) electrons. The monoisotopic (exact) mass is 332 g/mol. The Bertz CT molecular complexity index is 522. The molecule has 0 saturated heterocycles. The average Bonchev–Trinajstić information content (AvgIpc) is 2.40. The Hall–Kier alpha value is -1.45. The van der Waals surface area contributed by atoms with Crippen LogP contribution in [0.5, 0.6) is 0 Å². The fourth-order valence-electron chi connectivity index (χ4n) is 1.89. The van der Waals surface area contributed by atoms with Crippen LogP contribution in [0.15, 0.2) is 24.3 Å². The highest BCUT2D eigenvalue weighted by Crippen LogP contribution is 2.26. The van der Waals surface area contributed by atoms with Gasteiger partial charge in [-0.25, -0.2) is 0 Å². The molecule has 0 amide bonds. The molecular formula is C16H24N2O2Si2. The molecule has 0 aromatic heterocycles. The van der Waals surface area contributed by atoms with Crippen molar-refractivity contribution in [3.05, 3.63) is 35.4 Å². The third-order valence-corrected chi connectivity index (χ3v) is 4.60. The molecule has 0 aliphatic carbocycles. The molecule has 118 valence electrons. The fourth-order valence-corrected chi connectivity index (χ4v) is 3.68. The van der Waals surface area contributed by atoms with E-state index in [4.69, 9.17) is 8.85 Å². The first-order valence-electron chi connectivity index (χ1n) is 7.30. The molecule has 0 fully saturated rings. The summed E-state index contributed by atoms with van der Waals surface area (Å²) < 4.78 is 11.7. The van der Waals surface area contributed by atoms with E-state index >= 15 is 0 Å². The average molecular weight is 333 g/mol. The van der Waals surface area contributed by atoms with Crippen molar-refractivity contribution in [2.45, 2.75) is 51.5 Å². The molecular weight excluding hydrogens is 308 g/mol. The summed E-state index contributed by atoms with van der Waals surface area (Å²) in [6, 6.07) is 11.8. The van der Waals surface area contributed by atoms with Gasteiger partial charge in [-0.15, -0.1) is 0 Å². The van der Waals surface area contributed by atoms with Crippen molar-refractivity contribution in [2.75, 3.05) is 0 Å². The second-order valence-corrected chi connectivity index (χ2v) is 16.1. The lowest BCUT2D eigenvalue weighted by Gasteiger charge is -2.23. The predicted molar refractivity (Wildman–Crippen MR) is 92.0 cm³/mol. The molecule has 0 spiro atoms. The van der Waals surface area contributed by atoms with Crippen molar-refractivity contribution >= 4 is 16.6 Å². The van der Waals surface area contributed by atoms with Gasteiger partial charge in [0.1, 0.15) is 0 Å². The number of nitrogens with zero attached hydrogens (tertiary/aromatic N) is 2. The molecule has 0 heterocycles. The van der Waals surface area contributed by atoms with E-state index in [-0.39, 0.29) is 0 Å². The Labute approximate surface area is 135 Å². The van der Waals surface area contributed by atoms with Gasteiger partial charge in [-0.2, -0.15) is 10.5 Å². The van der Waals surface area contributed by atoms with E-state index in [2.05, 4.69) is 51.4 Å². The molecule has 1 aromatic rings. The number of hydrogen-bond acceptors (Lipinski definition) is 4. The van der Waals surface area contributed by atoms with Crippen LogP contribution in [0.1, 0.15) is 23.3 Å². The Morgan fingerprint density at radius 3 is 1.18 bits per heavy atom. The summed E-state index contributed by atoms with van der Waals surface area (Å²) in [6.07, 6.45) is -1.11. The highest BCUT2D eigenvalue weighted by Gasteiger charge is 2.24. The van der Waals surface area contributed by atoms with Crippen LogP contribution in [0, 0.1) is 22.7 Å². The van der Waals surface area contributed by atoms with E-state index in [1.165, 1.54) is 0 Å². The largest absolute Gasteiger partial charge is 0.399 e. The lowest BCUT2D eigenvalue weighted by molar-refractivity contribution is 0.251. The van der Waals surface area contributed by atoms with Crippen LogP contribution in [0.2, 0.25) is 39.3 Å². The zero-order valence-electron chi connectivity index (χ0n) is 14.2. The third-order valence-electron chi connectivity index (χ3n) is 2.72. The van der Waals surface area contributed by atoms with Gasteiger partial charge in [0, 0.05) is 0 Å². The molecule has 2 atom stereocenters. The first-order chi connectivity index (χ1) is 10.1. The van der Waals surface area contributed by atoms with Crippen LogP contribution in [0.4, 0.5) is 0 Å². The minimum absolute atomic E-state index is 0.556. The third kappa shape index (κ3) is 6.12. The van der Waals surface area contributed by atoms with Crippen molar-refractivity contribution in [3.8, 4) is 12.1 Å². The van der Waals surface area contributed by atoms with Gasteiger partial charge in [0.15, 0.2) is 28.8 Å². The van der Waals surface area contributed by atoms with Crippen LogP contribution >= 0.6 is 0 Å². The van der Waals surface area contributed by atoms with Crippen LogP contribution < -0.4 is 0 Å². The number of hydrogen-bond donors (Lipinski definition) is 0. The van der Waals surface area contributed by atoms with Crippen molar-refractivity contribution < 1.29 is 8.85 Å². The molecule has 4 nitrogen and oxygen atoms in total. The minimum Gasteiger partial charge on any atom is -0.399 e. The molecule has 0 bridgehead atoms. The summed E-state index contributed by atoms with van der Waals surface area (Å²) in [6.45, 7) is 12.3. The summed E-state index contributed by atoms with van der Waals surface area (Å²) in [7, 11) is -3.58. The summed E-state index contributed by atoms with van der Waals surface area (Å²) in [5, 5.41) is 18.6. The van der Waals surface area contributed by atoms with Gasteiger partial charge in [-0.05, 0) is 50.4 Å². The van der Waals surface area contributed by atoms with Gasteiger partial charge < -0.3 is 8.85 Å². The van der Waals surface area contributed by atoms with Gasteiger partial charge in [-0.3, -0.25) is 0 Å². The molecule has 6 heteroatoms. The Morgan fingerprint density at radius 1 is 0.727 bits per heavy atom. The van der Waals surface area contributed by atoms with Gasteiger partial charge >= 0.3 is 0 Å². The highest BCUT2D eigenvalue weighted by atomic mass is 28.4. The summed E-state index contributed by atoms with van der Waals surface area (Å²) in [4.78, 5) is 0. The van der Waals surface area contributed by atoms with Crippen molar-refractivity contribution in [3.63, 3.8) is 0 Å². The maximum Gasteiger partial charge on any atom is 0.186 e. The Morgan fingerprint density at radius 2 is 1.00 bits per heavy atom. The molecule has 1 aromatic carbocycles. The predicted octanol–water partition coefficient (Wildman–Crippen LogP) is 4.52.